The van der Waals surface area contributed by atoms with E-state index >= 15 is 0 Å². The normalized spacial score (nSPS) is 20.2. The summed E-state index contributed by atoms with van der Waals surface area (Å²) < 4.78 is 12.2. The van der Waals surface area contributed by atoms with Gasteiger partial charge in [-0.05, 0) is 26.0 Å². The zero-order chi connectivity index (χ0) is 15.7. The molecule has 0 aliphatic carbocycles. The van der Waals surface area contributed by atoms with Crippen LogP contribution >= 0.6 is 0 Å². The van der Waals surface area contributed by atoms with E-state index in [1.807, 2.05) is 17.0 Å². The van der Waals surface area contributed by atoms with E-state index in [2.05, 4.69) is 26.5 Å². The van der Waals surface area contributed by atoms with E-state index < -0.39 is 0 Å². The number of para-hydroxylation sites is 1. The minimum atomic E-state index is -0.165. The Morgan fingerprint density at radius 1 is 1.41 bits per heavy atom. The number of fused-ring (bicyclic) bond motifs is 1. The zero-order valence-corrected chi connectivity index (χ0v) is 13.3. The summed E-state index contributed by atoms with van der Waals surface area (Å²) >= 11 is 0. The van der Waals surface area contributed by atoms with E-state index in [1.54, 1.807) is 0 Å². The average Bonchev–Trinajstić information content (AvgIpc) is 2.82. The number of hydrogen-bond donors (Lipinski definition) is 0. The number of carbonyl (C=O) groups is 1. The Balaban J connectivity index is 1.65. The van der Waals surface area contributed by atoms with Gasteiger partial charge in [-0.1, -0.05) is 18.7 Å². The number of amides is 1. The Kier molecular flexibility index (Phi) is 3.85. The molecule has 118 valence electrons. The van der Waals surface area contributed by atoms with Gasteiger partial charge in [-0.25, -0.2) is 0 Å². The summed E-state index contributed by atoms with van der Waals surface area (Å²) in [7, 11) is 0. The number of rotatable bonds is 3. The fraction of sp³-hybridized carbons (Fsp3) is 0.500. The fourth-order valence-electron chi connectivity index (χ4n) is 3.18. The van der Waals surface area contributed by atoms with Crippen LogP contribution in [0.15, 0.2) is 30.9 Å². The number of ether oxygens (including phenoxy) is 2. The Morgan fingerprint density at radius 2 is 2.14 bits per heavy atom. The van der Waals surface area contributed by atoms with Crippen LogP contribution in [0.3, 0.4) is 0 Å². The van der Waals surface area contributed by atoms with Crippen molar-refractivity contribution >= 4 is 5.91 Å². The standard InChI is InChI=1S/C18H23NO3/c1-4-16(20)19-10-8-14(9-11-19)21-15-7-5-6-13-12-18(2,3)22-17(13)15/h4-7,14H,1,8-12H2,2-3H3. The third-order valence-electron chi connectivity index (χ3n) is 4.28. The molecule has 0 spiro atoms. The first-order chi connectivity index (χ1) is 10.5. The minimum Gasteiger partial charge on any atom is -0.486 e. The molecule has 0 unspecified atom stereocenters. The van der Waals surface area contributed by atoms with Crippen molar-refractivity contribution in [3.05, 3.63) is 36.4 Å². The lowest BCUT2D eigenvalue weighted by Gasteiger charge is -2.31. The molecule has 4 nitrogen and oxygen atoms in total. The van der Waals surface area contributed by atoms with Crippen molar-refractivity contribution in [2.24, 2.45) is 0 Å². The van der Waals surface area contributed by atoms with Crippen molar-refractivity contribution in [2.45, 2.75) is 44.8 Å². The average molecular weight is 301 g/mol. The molecule has 22 heavy (non-hydrogen) atoms. The number of piperidine rings is 1. The molecule has 2 heterocycles. The number of hydrogen-bond acceptors (Lipinski definition) is 3. The molecule has 0 N–H and O–H groups in total. The third-order valence-corrected chi connectivity index (χ3v) is 4.28. The monoisotopic (exact) mass is 301 g/mol. The quantitative estimate of drug-likeness (QED) is 0.806. The predicted octanol–water partition coefficient (Wildman–Crippen LogP) is 2.96. The van der Waals surface area contributed by atoms with E-state index in [4.69, 9.17) is 9.47 Å². The van der Waals surface area contributed by atoms with Gasteiger partial charge in [-0.2, -0.15) is 0 Å². The highest BCUT2D eigenvalue weighted by Gasteiger charge is 2.33. The fourth-order valence-corrected chi connectivity index (χ4v) is 3.18. The van der Waals surface area contributed by atoms with Gasteiger partial charge in [-0.3, -0.25) is 4.79 Å². The summed E-state index contributed by atoms with van der Waals surface area (Å²) in [5.41, 5.74) is 1.04. The van der Waals surface area contributed by atoms with E-state index in [-0.39, 0.29) is 17.6 Å². The van der Waals surface area contributed by atoms with Crippen LogP contribution in [0.2, 0.25) is 0 Å². The molecule has 0 atom stereocenters. The molecule has 4 heteroatoms. The number of nitrogens with zero attached hydrogens (tertiary/aromatic N) is 1. The summed E-state index contributed by atoms with van der Waals surface area (Å²) in [4.78, 5) is 13.4. The molecule has 1 amide bonds. The van der Waals surface area contributed by atoms with E-state index in [9.17, 15) is 4.79 Å². The largest absolute Gasteiger partial charge is 0.486 e. The molecule has 1 aromatic carbocycles. The van der Waals surface area contributed by atoms with Crippen molar-refractivity contribution in [3.8, 4) is 11.5 Å². The lowest BCUT2D eigenvalue weighted by molar-refractivity contribution is -0.127. The highest BCUT2D eigenvalue weighted by Crippen LogP contribution is 2.42. The predicted molar refractivity (Wildman–Crippen MR) is 85.3 cm³/mol. The second-order valence-electron chi connectivity index (χ2n) is 6.63. The maximum Gasteiger partial charge on any atom is 0.245 e. The zero-order valence-electron chi connectivity index (χ0n) is 13.3. The molecule has 2 aliphatic heterocycles. The summed E-state index contributed by atoms with van der Waals surface area (Å²) in [5.74, 6) is 1.72. The van der Waals surface area contributed by atoms with E-state index in [0.29, 0.717) is 0 Å². The van der Waals surface area contributed by atoms with Gasteiger partial charge in [0.2, 0.25) is 5.91 Å². The van der Waals surface area contributed by atoms with Gasteiger partial charge in [-0.15, -0.1) is 0 Å². The topological polar surface area (TPSA) is 38.8 Å². The van der Waals surface area contributed by atoms with Crippen molar-refractivity contribution in [2.75, 3.05) is 13.1 Å². The maximum absolute atomic E-state index is 11.6. The van der Waals surface area contributed by atoms with Crippen molar-refractivity contribution in [1.82, 2.24) is 4.90 Å². The van der Waals surface area contributed by atoms with Crippen LogP contribution in [-0.4, -0.2) is 35.6 Å². The Bertz CT molecular complexity index is 586. The molecule has 1 fully saturated rings. The van der Waals surface area contributed by atoms with Gasteiger partial charge in [0.15, 0.2) is 11.5 Å². The smallest absolute Gasteiger partial charge is 0.245 e. The molecular formula is C18H23NO3. The van der Waals surface area contributed by atoms with Crippen LogP contribution in [-0.2, 0) is 11.2 Å². The first-order valence-corrected chi connectivity index (χ1v) is 7.87. The van der Waals surface area contributed by atoms with Crippen molar-refractivity contribution in [1.29, 1.82) is 0 Å². The molecule has 1 aromatic rings. The number of benzene rings is 1. The van der Waals surface area contributed by atoms with Crippen LogP contribution < -0.4 is 9.47 Å². The molecular weight excluding hydrogens is 278 g/mol. The van der Waals surface area contributed by atoms with Crippen molar-refractivity contribution in [3.63, 3.8) is 0 Å². The number of likely N-dealkylation sites (tertiary alicyclic amines) is 1. The first kappa shape index (κ1) is 14.9. The van der Waals surface area contributed by atoms with Crippen LogP contribution in [0.1, 0.15) is 32.3 Å². The molecule has 2 aliphatic rings. The van der Waals surface area contributed by atoms with Crippen LogP contribution in [0.4, 0.5) is 0 Å². The Labute approximate surface area is 131 Å². The van der Waals surface area contributed by atoms with Gasteiger partial charge in [0, 0.05) is 37.9 Å². The summed E-state index contributed by atoms with van der Waals surface area (Å²) in [6.45, 7) is 9.16. The molecule has 0 radical (unpaired) electrons. The Hall–Kier alpha value is -1.97. The van der Waals surface area contributed by atoms with Crippen molar-refractivity contribution < 1.29 is 14.3 Å². The third kappa shape index (κ3) is 2.96. The van der Waals surface area contributed by atoms with Crippen LogP contribution in [0.5, 0.6) is 11.5 Å². The van der Waals surface area contributed by atoms with Gasteiger partial charge < -0.3 is 14.4 Å². The molecule has 0 aromatic heterocycles. The van der Waals surface area contributed by atoms with Crippen LogP contribution in [0, 0.1) is 0 Å². The molecule has 1 saturated heterocycles. The molecule has 3 rings (SSSR count). The number of carbonyl (C=O) groups excluding carboxylic acids is 1. The SMILES string of the molecule is C=CC(=O)N1CCC(Oc2cccc3c2OC(C)(C)C3)CC1. The second-order valence-corrected chi connectivity index (χ2v) is 6.63. The lowest BCUT2D eigenvalue weighted by Crippen LogP contribution is -2.41. The van der Waals surface area contributed by atoms with Crippen LogP contribution in [0.25, 0.3) is 0 Å². The molecule has 0 bridgehead atoms. The van der Waals surface area contributed by atoms with Gasteiger partial charge in [0.1, 0.15) is 11.7 Å². The van der Waals surface area contributed by atoms with Gasteiger partial charge in [0.05, 0.1) is 0 Å². The highest BCUT2D eigenvalue weighted by atomic mass is 16.5. The summed E-state index contributed by atoms with van der Waals surface area (Å²) in [5, 5.41) is 0. The molecule has 0 saturated carbocycles. The maximum atomic E-state index is 11.6. The highest BCUT2D eigenvalue weighted by molar-refractivity contribution is 5.87. The second kappa shape index (κ2) is 5.67. The van der Waals surface area contributed by atoms with E-state index in [1.165, 1.54) is 11.6 Å². The minimum absolute atomic E-state index is 0.00383. The summed E-state index contributed by atoms with van der Waals surface area (Å²) in [6, 6.07) is 6.10. The Morgan fingerprint density at radius 3 is 2.82 bits per heavy atom. The van der Waals surface area contributed by atoms with Gasteiger partial charge in [0.25, 0.3) is 0 Å². The van der Waals surface area contributed by atoms with Gasteiger partial charge >= 0.3 is 0 Å². The van der Waals surface area contributed by atoms with E-state index in [0.717, 1.165) is 43.9 Å². The summed E-state index contributed by atoms with van der Waals surface area (Å²) in [6.07, 6.45) is 4.10. The first-order valence-electron chi connectivity index (χ1n) is 7.87. The lowest BCUT2D eigenvalue weighted by atomic mass is 10.0.